The normalized spacial score (nSPS) is 19.6. The standard InChI is InChI=1S/C18H22F2N4O/c1-12-8-13(2)24(23-12)11-14-4-3-5-15(9-14)17(25)22-16-10-21-7-6-18(16,19)20/h3-5,8-9,16,21H,6-7,10-11H2,1-2H3,(H,22,25). The Labute approximate surface area is 145 Å². The van der Waals surface area contributed by atoms with Crippen LogP contribution < -0.4 is 10.6 Å². The van der Waals surface area contributed by atoms with Gasteiger partial charge in [-0.15, -0.1) is 0 Å². The van der Waals surface area contributed by atoms with E-state index in [0.29, 0.717) is 12.1 Å². The molecule has 1 unspecified atom stereocenters. The molecule has 0 bridgehead atoms. The molecule has 2 aromatic rings. The lowest BCUT2D eigenvalue weighted by molar-refractivity contribution is -0.0542. The van der Waals surface area contributed by atoms with Crippen LogP contribution in [0.3, 0.4) is 0 Å². The summed E-state index contributed by atoms with van der Waals surface area (Å²) in [5.74, 6) is -3.37. The van der Waals surface area contributed by atoms with E-state index in [4.69, 9.17) is 0 Å². The van der Waals surface area contributed by atoms with Gasteiger partial charge in [0.15, 0.2) is 0 Å². The minimum atomic E-state index is -2.89. The fourth-order valence-electron chi connectivity index (χ4n) is 3.04. The van der Waals surface area contributed by atoms with E-state index >= 15 is 0 Å². The van der Waals surface area contributed by atoms with Crippen LogP contribution in [0.1, 0.15) is 33.7 Å². The number of nitrogens with zero attached hydrogens (tertiary/aromatic N) is 2. The summed E-state index contributed by atoms with van der Waals surface area (Å²) in [6.07, 6.45) is -0.268. The van der Waals surface area contributed by atoms with Crippen LogP contribution in [-0.4, -0.2) is 40.7 Å². The van der Waals surface area contributed by atoms with E-state index in [2.05, 4.69) is 15.7 Å². The number of hydrogen-bond donors (Lipinski definition) is 2. The first-order valence-corrected chi connectivity index (χ1v) is 8.34. The highest BCUT2D eigenvalue weighted by Gasteiger charge is 2.42. The number of piperidine rings is 1. The number of nitrogens with one attached hydrogen (secondary N) is 2. The highest BCUT2D eigenvalue weighted by molar-refractivity contribution is 5.94. The molecule has 1 aliphatic rings. The first kappa shape index (κ1) is 17.5. The SMILES string of the molecule is Cc1cc(C)n(Cc2cccc(C(=O)NC3CNCCC3(F)F)c2)n1. The van der Waals surface area contributed by atoms with Gasteiger partial charge >= 0.3 is 0 Å². The average molecular weight is 348 g/mol. The van der Waals surface area contributed by atoms with Crippen LogP contribution in [0.15, 0.2) is 30.3 Å². The second-order valence-corrected chi connectivity index (χ2v) is 6.53. The van der Waals surface area contributed by atoms with Crippen LogP contribution in [0.2, 0.25) is 0 Å². The van der Waals surface area contributed by atoms with E-state index in [1.807, 2.05) is 30.7 Å². The van der Waals surface area contributed by atoms with Crippen LogP contribution in [0.4, 0.5) is 8.78 Å². The molecule has 1 saturated heterocycles. The number of halogens is 2. The number of carbonyl (C=O) groups is 1. The third kappa shape index (κ3) is 4.04. The smallest absolute Gasteiger partial charge is 0.270 e. The van der Waals surface area contributed by atoms with Gasteiger partial charge in [-0.3, -0.25) is 9.48 Å². The largest absolute Gasteiger partial charge is 0.342 e. The molecule has 0 radical (unpaired) electrons. The molecule has 1 amide bonds. The van der Waals surface area contributed by atoms with Crippen LogP contribution in [0, 0.1) is 13.8 Å². The second-order valence-electron chi connectivity index (χ2n) is 6.53. The number of aromatic nitrogens is 2. The maximum absolute atomic E-state index is 13.9. The molecule has 5 nitrogen and oxygen atoms in total. The topological polar surface area (TPSA) is 59.0 Å². The van der Waals surface area contributed by atoms with Crippen molar-refractivity contribution in [2.45, 2.75) is 38.8 Å². The highest BCUT2D eigenvalue weighted by atomic mass is 19.3. The van der Waals surface area contributed by atoms with Gasteiger partial charge in [-0.2, -0.15) is 5.10 Å². The zero-order chi connectivity index (χ0) is 18.0. The van der Waals surface area contributed by atoms with E-state index < -0.39 is 17.9 Å². The summed E-state index contributed by atoms with van der Waals surface area (Å²) in [5, 5.41) is 9.75. The van der Waals surface area contributed by atoms with Crippen molar-refractivity contribution in [3.8, 4) is 0 Å². The molecular weight excluding hydrogens is 326 g/mol. The Bertz CT molecular complexity index is 772. The molecule has 1 aromatic heterocycles. The molecule has 2 N–H and O–H groups in total. The summed E-state index contributed by atoms with van der Waals surface area (Å²) in [4.78, 5) is 12.4. The fourth-order valence-corrected chi connectivity index (χ4v) is 3.04. The number of aryl methyl sites for hydroxylation is 2. The summed E-state index contributed by atoms with van der Waals surface area (Å²) >= 11 is 0. The molecule has 1 aromatic carbocycles. The summed E-state index contributed by atoms with van der Waals surface area (Å²) in [6.45, 7) is 4.75. The van der Waals surface area contributed by atoms with Crippen molar-refractivity contribution in [2.75, 3.05) is 13.1 Å². The van der Waals surface area contributed by atoms with Gasteiger partial charge < -0.3 is 10.6 Å². The number of benzene rings is 1. The van der Waals surface area contributed by atoms with Gasteiger partial charge in [-0.05, 0) is 37.6 Å². The van der Waals surface area contributed by atoms with Crippen molar-refractivity contribution in [2.24, 2.45) is 0 Å². The Balaban J connectivity index is 1.72. The Hall–Kier alpha value is -2.28. The monoisotopic (exact) mass is 348 g/mol. The van der Waals surface area contributed by atoms with Gasteiger partial charge in [0, 0.05) is 30.8 Å². The molecular formula is C18H22F2N4O. The van der Waals surface area contributed by atoms with Gasteiger partial charge in [0.1, 0.15) is 6.04 Å². The summed E-state index contributed by atoms with van der Waals surface area (Å²) in [5.41, 5.74) is 3.23. The molecule has 7 heteroatoms. The lowest BCUT2D eigenvalue weighted by Crippen LogP contribution is -2.57. The molecule has 134 valence electrons. The first-order chi connectivity index (χ1) is 11.8. The highest BCUT2D eigenvalue weighted by Crippen LogP contribution is 2.25. The molecule has 0 saturated carbocycles. The van der Waals surface area contributed by atoms with Crippen molar-refractivity contribution in [1.29, 1.82) is 0 Å². The number of alkyl halides is 2. The van der Waals surface area contributed by atoms with E-state index in [0.717, 1.165) is 17.0 Å². The van der Waals surface area contributed by atoms with Gasteiger partial charge in [-0.25, -0.2) is 8.78 Å². The zero-order valence-electron chi connectivity index (χ0n) is 14.4. The third-order valence-electron chi connectivity index (χ3n) is 4.42. The summed E-state index contributed by atoms with van der Waals surface area (Å²) in [7, 11) is 0. The van der Waals surface area contributed by atoms with Crippen molar-refractivity contribution in [1.82, 2.24) is 20.4 Å². The van der Waals surface area contributed by atoms with Crippen LogP contribution in [0.5, 0.6) is 0 Å². The van der Waals surface area contributed by atoms with Crippen molar-refractivity contribution >= 4 is 5.91 Å². The van der Waals surface area contributed by atoms with Crippen LogP contribution in [0.25, 0.3) is 0 Å². The summed E-state index contributed by atoms with van der Waals surface area (Å²) < 4.78 is 29.6. The molecule has 0 spiro atoms. The number of amides is 1. The minimum Gasteiger partial charge on any atom is -0.342 e. The van der Waals surface area contributed by atoms with E-state index in [1.54, 1.807) is 18.2 Å². The molecule has 3 rings (SSSR count). The van der Waals surface area contributed by atoms with Gasteiger partial charge in [0.2, 0.25) is 0 Å². The van der Waals surface area contributed by atoms with Gasteiger partial charge in [0.05, 0.1) is 12.2 Å². The molecule has 2 heterocycles. The number of rotatable bonds is 4. The minimum absolute atomic E-state index is 0.0736. The lowest BCUT2D eigenvalue weighted by Gasteiger charge is -2.32. The van der Waals surface area contributed by atoms with Crippen molar-refractivity contribution < 1.29 is 13.6 Å². The molecule has 1 atom stereocenters. The maximum Gasteiger partial charge on any atom is 0.270 e. The molecule has 1 fully saturated rings. The van der Waals surface area contributed by atoms with E-state index in [9.17, 15) is 13.6 Å². The van der Waals surface area contributed by atoms with Gasteiger partial charge in [0.25, 0.3) is 11.8 Å². The van der Waals surface area contributed by atoms with Gasteiger partial charge in [-0.1, -0.05) is 12.1 Å². The molecule has 0 aliphatic carbocycles. The first-order valence-electron chi connectivity index (χ1n) is 8.34. The quantitative estimate of drug-likeness (QED) is 0.891. The Morgan fingerprint density at radius 1 is 1.40 bits per heavy atom. The average Bonchev–Trinajstić information content (AvgIpc) is 2.87. The maximum atomic E-state index is 13.9. The molecule has 25 heavy (non-hydrogen) atoms. The number of carbonyl (C=O) groups excluding carboxylic acids is 1. The summed E-state index contributed by atoms with van der Waals surface area (Å²) in [6, 6.07) is 7.80. The van der Waals surface area contributed by atoms with E-state index in [1.165, 1.54) is 0 Å². The zero-order valence-corrected chi connectivity index (χ0v) is 14.4. The Morgan fingerprint density at radius 3 is 2.88 bits per heavy atom. The lowest BCUT2D eigenvalue weighted by atomic mass is 10.0. The predicted molar refractivity (Wildman–Crippen MR) is 90.9 cm³/mol. The fraction of sp³-hybridized carbons (Fsp3) is 0.444. The van der Waals surface area contributed by atoms with E-state index in [-0.39, 0.29) is 19.5 Å². The number of hydrogen-bond acceptors (Lipinski definition) is 3. The Morgan fingerprint density at radius 2 is 2.20 bits per heavy atom. The third-order valence-corrected chi connectivity index (χ3v) is 4.42. The van der Waals surface area contributed by atoms with Crippen LogP contribution in [-0.2, 0) is 6.54 Å². The van der Waals surface area contributed by atoms with Crippen molar-refractivity contribution in [3.05, 3.63) is 52.8 Å². The Kier molecular flexibility index (Phi) is 4.85. The predicted octanol–water partition coefficient (Wildman–Crippen LogP) is 2.28. The second kappa shape index (κ2) is 6.92. The molecule has 1 aliphatic heterocycles. The van der Waals surface area contributed by atoms with Crippen molar-refractivity contribution in [3.63, 3.8) is 0 Å². The van der Waals surface area contributed by atoms with Crippen LogP contribution >= 0.6 is 0 Å².